The number of hydrogen-bond acceptors (Lipinski definition) is 3. The molecule has 0 aliphatic rings. The summed E-state index contributed by atoms with van der Waals surface area (Å²) in [6, 6.07) is 4.00. The monoisotopic (exact) mass is 271 g/mol. The molecule has 6 heteroatoms. The maximum Gasteiger partial charge on any atom is 0.181 e. The summed E-state index contributed by atoms with van der Waals surface area (Å²) >= 11 is 0. The normalized spacial score (nSPS) is 12.5. The summed E-state index contributed by atoms with van der Waals surface area (Å²) < 4.78 is 26.3. The number of benzene rings is 1. The Labute approximate surface area is 111 Å². The van der Waals surface area contributed by atoms with Crippen LogP contribution in [0.4, 0.5) is 14.5 Å². The van der Waals surface area contributed by atoms with E-state index in [2.05, 4.69) is 10.5 Å². The maximum absolute atomic E-state index is 13.3. The van der Waals surface area contributed by atoms with E-state index in [9.17, 15) is 8.78 Å². The van der Waals surface area contributed by atoms with Crippen LogP contribution >= 0.6 is 0 Å². The van der Waals surface area contributed by atoms with Gasteiger partial charge in [0.15, 0.2) is 11.6 Å². The molecule has 0 aliphatic heterocycles. The zero-order valence-corrected chi connectivity index (χ0v) is 11.1. The SMILES string of the molecule is CC(C)(CCCNc1cccc(F)c1F)C(N)=NO. The summed E-state index contributed by atoms with van der Waals surface area (Å²) in [5.41, 5.74) is 5.26. The van der Waals surface area contributed by atoms with Crippen molar-refractivity contribution >= 4 is 11.5 Å². The molecule has 1 aromatic carbocycles. The molecule has 0 saturated carbocycles. The number of hydrogen-bond donors (Lipinski definition) is 3. The standard InChI is InChI=1S/C13H19F2N3O/c1-13(2,12(16)18-19)7-4-8-17-10-6-3-5-9(14)11(10)15/h3,5-6,17,19H,4,7-8H2,1-2H3,(H2,16,18). The van der Waals surface area contributed by atoms with Crippen LogP contribution in [0.3, 0.4) is 0 Å². The van der Waals surface area contributed by atoms with Crippen molar-refractivity contribution in [3.05, 3.63) is 29.8 Å². The van der Waals surface area contributed by atoms with Gasteiger partial charge in [0.25, 0.3) is 0 Å². The van der Waals surface area contributed by atoms with Crippen molar-refractivity contribution in [1.29, 1.82) is 0 Å². The Hall–Kier alpha value is -1.85. The Kier molecular flexibility index (Phi) is 5.09. The van der Waals surface area contributed by atoms with Crippen molar-refractivity contribution < 1.29 is 14.0 Å². The molecule has 4 nitrogen and oxygen atoms in total. The quantitative estimate of drug-likeness (QED) is 0.245. The molecule has 0 bridgehead atoms. The summed E-state index contributed by atoms with van der Waals surface area (Å²) in [6.45, 7) is 4.18. The van der Waals surface area contributed by atoms with E-state index in [0.29, 0.717) is 19.4 Å². The lowest BCUT2D eigenvalue weighted by atomic mass is 9.86. The highest BCUT2D eigenvalue weighted by Crippen LogP contribution is 2.23. The molecule has 0 aromatic heterocycles. The molecule has 0 heterocycles. The van der Waals surface area contributed by atoms with Gasteiger partial charge in [0, 0.05) is 12.0 Å². The second-order valence-corrected chi connectivity index (χ2v) is 5.00. The maximum atomic E-state index is 13.3. The first-order valence-electron chi connectivity index (χ1n) is 6.04. The number of nitrogens with two attached hydrogens (primary N) is 1. The predicted molar refractivity (Wildman–Crippen MR) is 71.3 cm³/mol. The van der Waals surface area contributed by atoms with E-state index < -0.39 is 17.0 Å². The van der Waals surface area contributed by atoms with E-state index in [0.717, 1.165) is 6.07 Å². The van der Waals surface area contributed by atoms with Crippen LogP contribution in [-0.4, -0.2) is 17.6 Å². The fraction of sp³-hybridized carbons (Fsp3) is 0.462. The van der Waals surface area contributed by atoms with Gasteiger partial charge in [0.1, 0.15) is 5.84 Å². The van der Waals surface area contributed by atoms with Gasteiger partial charge in [-0.2, -0.15) is 0 Å². The number of amidine groups is 1. The number of halogens is 2. The molecule has 4 N–H and O–H groups in total. The van der Waals surface area contributed by atoms with E-state index in [1.807, 2.05) is 13.8 Å². The van der Waals surface area contributed by atoms with Gasteiger partial charge in [0.05, 0.1) is 5.69 Å². The number of rotatable bonds is 6. The predicted octanol–water partition coefficient (Wildman–Crippen LogP) is 2.93. The zero-order valence-electron chi connectivity index (χ0n) is 11.1. The number of oxime groups is 1. The Morgan fingerprint density at radius 2 is 2.11 bits per heavy atom. The molecule has 0 spiro atoms. The minimum atomic E-state index is -0.877. The van der Waals surface area contributed by atoms with Crippen molar-refractivity contribution in [3.8, 4) is 0 Å². The molecule has 1 aromatic rings. The van der Waals surface area contributed by atoms with Gasteiger partial charge in [-0.1, -0.05) is 25.1 Å². The number of anilines is 1. The first-order chi connectivity index (χ1) is 8.88. The van der Waals surface area contributed by atoms with Crippen LogP contribution in [0.25, 0.3) is 0 Å². The van der Waals surface area contributed by atoms with Gasteiger partial charge in [-0.25, -0.2) is 8.78 Å². The van der Waals surface area contributed by atoms with E-state index in [1.54, 1.807) is 0 Å². The van der Waals surface area contributed by atoms with Crippen LogP contribution < -0.4 is 11.1 Å². The molecule has 19 heavy (non-hydrogen) atoms. The Bertz CT molecular complexity index is 461. The third-order valence-electron chi connectivity index (χ3n) is 3.05. The minimum absolute atomic E-state index is 0.140. The molecular formula is C13H19F2N3O. The second-order valence-electron chi connectivity index (χ2n) is 5.00. The number of nitrogens with zero attached hydrogens (tertiary/aromatic N) is 1. The average Bonchev–Trinajstić information content (AvgIpc) is 2.38. The highest BCUT2D eigenvalue weighted by Gasteiger charge is 2.22. The van der Waals surface area contributed by atoms with Gasteiger partial charge in [-0.05, 0) is 25.0 Å². The highest BCUT2D eigenvalue weighted by atomic mass is 19.2. The first-order valence-corrected chi connectivity index (χ1v) is 6.04. The molecule has 0 unspecified atom stereocenters. The molecule has 106 valence electrons. The lowest BCUT2D eigenvalue weighted by molar-refractivity contribution is 0.305. The van der Waals surface area contributed by atoms with Gasteiger partial charge < -0.3 is 16.3 Å². The minimum Gasteiger partial charge on any atom is -0.409 e. The molecule has 0 aliphatic carbocycles. The number of nitrogens with one attached hydrogen (secondary N) is 1. The van der Waals surface area contributed by atoms with Gasteiger partial charge in [-0.15, -0.1) is 0 Å². The second kappa shape index (κ2) is 6.36. The fourth-order valence-corrected chi connectivity index (χ4v) is 1.66. The van der Waals surface area contributed by atoms with Crippen LogP contribution in [0.1, 0.15) is 26.7 Å². The molecule has 0 fully saturated rings. The van der Waals surface area contributed by atoms with Gasteiger partial charge in [0.2, 0.25) is 0 Å². The fourth-order valence-electron chi connectivity index (χ4n) is 1.66. The molecular weight excluding hydrogens is 252 g/mol. The molecule has 0 amide bonds. The summed E-state index contributed by atoms with van der Waals surface area (Å²) in [4.78, 5) is 0. The molecule has 0 radical (unpaired) electrons. The summed E-state index contributed by atoms with van der Waals surface area (Å²) in [5, 5.41) is 14.4. The molecule has 0 saturated heterocycles. The van der Waals surface area contributed by atoms with Crippen molar-refractivity contribution in [2.75, 3.05) is 11.9 Å². The Balaban J connectivity index is 2.46. The van der Waals surface area contributed by atoms with Gasteiger partial charge >= 0.3 is 0 Å². The van der Waals surface area contributed by atoms with Crippen molar-refractivity contribution in [1.82, 2.24) is 0 Å². The first kappa shape index (κ1) is 15.2. The van der Waals surface area contributed by atoms with Crippen molar-refractivity contribution in [2.24, 2.45) is 16.3 Å². The van der Waals surface area contributed by atoms with Crippen LogP contribution in [0.15, 0.2) is 23.4 Å². The van der Waals surface area contributed by atoms with E-state index >= 15 is 0 Å². The largest absolute Gasteiger partial charge is 0.409 e. The smallest absolute Gasteiger partial charge is 0.181 e. The zero-order chi connectivity index (χ0) is 14.5. The summed E-state index contributed by atoms with van der Waals surface area (Å²) in [5.74, 6) is -1.59. The van der Waals surface area contributed by atoms with E-state index in [1.165, 1.54) is 12.1 Å². The van der Waals surface area contributed by atoms with Gasteiger partial charge in [-0.3, -0.25) is 0 Å². The van der Waals surface area contributed by atoms with Crippen LogP contribution in [0.2, 0.25) is 0 Å². The third kappa shape index (κ3) is 4.08. The van der Waals surface area contributed by atoms with Crippen LogP contribution in [-0.2, 0) is 0 Å². The summed E-state index contributed by atoms with van der Waals surface area (Å²) in [6.07, 6.45) is 1.34. The lowest BCUT2D eigenvalue weighted by Crippen LogP contribution is -2.32. The summed E-state index contributed by atoms with van der Waals surface area (Å²) in [7, 11) is 0. The third-order valence-corrected chi connectivity index (χ3v) is 3.05. The van der Waals surface area contributed by atoms with Crippen LogP contribution in [0, 0.1) is 17.0 Å². The molecule has 1 rings (SSSR count). The van der Waals surface area contributed by atoms with Crippen molar-refractivity contribution in [3.63, 3.8) is 0 Å². The lowest BCUT2D eigenvalue weighted by Gasteiger charge is -2.22. The highest BCUT2D eigenvalue weighted by molar-refractivity contribution is 5.85. The van der Waals surface area contributed by atoms with E-state index in [-0.39, 0.29) is 11.5 Å². The van der Waals surface area contributed by atoms with E-state index in [4.69, 9.17) is 10.9 Å². The Morgan fingerprint density at radius 1 is 1.42 bits per heavy atom. The van der Waals surface area contributed by atoms with Crippen molar-refractivity contribution in [2.45, 2.75) is 26.7 Å². The average molecular weight is 271 g/mol. The molecule has 0 atom stereocenters. The topological polar surface area (TPSA) is 70.6 Å². The Morgan fingerprint density at radius 3 is 2.74 bits per heavy atom. The van der Waals surface area contributed by atoms with Crippen LogP contribution in [0.5, 0.6) is 0 Å².